The number of aromatic nitrogens is 2. The number of halogens is 1. The molecule has 1 aromatic heterocycles. The second-order valence-corrected chi connectivity index (χ2v) is 5.02. The zero-order valence-electron chi connectivity index (χ0n) is 10.9. The fourth-order valence-electron chi connectivity index (χ4n) is 1.76. The molecule has 0 amide bonds. The zero-order valence-corrected chi connectivity index (χ0v) is 12.4. The van der Waals surface area contributed by atoms with E-state index in [4.69, 9.17) is 4.74 Å². The van der Waals surface area contributed by atoms with Crippen LogP contribution in [0.3, 0.4) is 0 Å². The lowest BCUT2D eigenvalue weighted by Gasteiger charge is -2.06. The lowest BCUT2D eigenvalue weighted by atomic mass is 10.1. The first-order valence-electron chi connectivity index (χ1n) is 5.95. The molecule has 1 heterocycles. The molecular formula is C14H17BrN2O. The van der Waals surface area contributed by atoms with Crippen LogP contribution in [0, 0.1) is 0 Å². The molecule has 4 heteroatoms. The summed E-state index contributed by atoms with van der Waals surface area (Å²) in [4.78, 5) is 0. The number of methoxy groups -OCH3 is 1. The molecular weight excluding hydrogens is 292 g/mol. The minimum Gasteiger partial charge on any atom is -0.497 e. The number of hydrogen-bond donors (Lipinski definition) is 0. The van der Waals surface area contributed by atoms with Crippen LogP contribution in [0.2, 0.25) is 0 Å². The van der Waals surface area contributed by atoms with Crippen LogP contribution in [-0.4, -0.2) is 16.9 Å². The van der Waals surface area contributed by atoms with E-state index in [2.05, 4.69) is 40.9 Å². The first-order chi connectivity index (χ1) is 8.65. The van der Waals surface area contributed by atoms with Crippen molar-refractivity contribution in [3.63, 3.8) is 0 Å². The number of nitrogens with zero attached hydrogens (tertiary/aromatic N) is 2. The molecule has 3 nitrogen and oxygen atoms in total. The van der Waals surface area contributed by atoms with E-state index in [1.165, 1.54) is 0 Å². The normalized spacial score (nSPS) is 10.9. The Morgan fingerprint density at radius 2 is 1.94 bits per heavy atom. The summed E-state index contributed by atoms with van der Waals surface area (Å²) in [7, 11) is 1.67. The fraction of sp³-hybridized carbons (Fsp3) is 0.357. The third kappa shape index (κ3) is 2.58. The average Bonchev–Trinajstić information content (AvgIpc) is 2.83. The molecule has 2 aromatic rings. The highest BCUT2D eigenvalue weighted by atomic mass is 79.9. The fourth-order valence-corrected chi connectivity index (χ4v) is 2.16. The van der Waals surface area contributed by atoms with E-state index in [9.17, 15) is 0 Å². The zero-order chi connectivity index (χ0) is 13.1. The largest absolute Gasteiger partial charge is 0.497 e. The Labute approximate surface area is 116 Å². The van der Waals surface area contributed by atoms with Gasteiger partial charge in [-0.1, -0.05) is 29.8 Å². The highest BCUT2D eigenvalue weighted by Gasteiger charge is 2.11. The second-order valence-electron chi connectivity index (χ2n) is 4.46. The maximum absolute atomic E-state index is 5.17. The van der Waals surface area contributed by atoms with Crippen LogP contribution in [0.1, 0.15) is 31.2 Å². The Morgan fingerprint density at radius 3 is 2.44 bits per heavy atom. The number of rotatable bonds is 4. The van der Waals surface area contributed by atoms with Crippen molar-refractivity contribution in [3.05, 3.63) is 41.7 Å². The number of ether oxygens (including phenoxy) is 1. The van der Waals surface area contributed by atoms with Gasteiger partial charge in [0.2, 0.25) is 0 Å². The molecule has 0 bridgehead atoms. The predicted octanol–water partition coefficient (Wildman–Crippen LogP) is 3.90. The van der Waals surface area contributed by atoms with Crippen molar-refractivity contribution in [1.29, 1.82) is 0 Å². The Bertz CT molecular complexity index is 517. The first kappa shape index (κ1) is 13.1. The monoisotopic (exact) mass is 308 g/mol. The highest BCUT2D eigenvalue weighted by molar-refractivity contribution is 9.08. The lowest BCUT2D eigenvalue weighted by Crippen LogP contribution is -2.01. The molecule has 0 atom stereocenters. The van der Waals surface area contributed by atoms with Crippen LogP contribution in [0.15, 0.2) is 30.3 Å². The predicted molar refractivity (Wildman–Crippen MR) is 76.8 cm³/mol. The van der Waals surface area contributed by atoms with Crippen molar-refractivity contribution in [2.24, 2.45) is 0 Å². The molecule has 0 aliphatic rings. The molecule has 0 unspecified atom stereocenters. The molecule has 18 heavy (non-hydrogen) atoms. The maximum Gasteiger partial charge on any atom is 0.119 e. The van der Waals surface area contributed by atoms with Gasteiger partial charge < -0.3 is 4.74 Å². The molecule has 0 saturated carbocycles. The summed E-state index contributed by atoms with van der Waals surface area (Å²) in [5.74, 6) is 1.29. The van der Waals surface area contributed by atoms with Crippen LogP contribution < -0.4 is 4.74 Å². The van der Waals surface area contributed by atoms with Gasteiger partial charge in [0, 0.05) is 5.33 Å². The summed E-state index contributed by atoms with van der Waals surface area (Å²) in [5.41, 5.74) is 3.32. The van der Waals surface area contributed by atoms with Gasteiger partial charge in [0.05, 0.1) is 24.2 Å². The molecule has 0 saturated heterocycles. The number of alkyl halides is 1. The van der Waals surface area contributed by atoms with E-state index in [1.807, 2.05) is 28.9 Å². The lowest BCUT2D eigenvalue weighted by molar-refractivity contribution is 0.414. The van der Waals surface area contributed by atoms with Crippen LogP contribution in [0.4, 0.5) is 0 Å². The van der Waals surface area contributed by atoms with Crippen LogP contribution in [0.5, 0.6) is 5.75 Å². The van der Waals surface area contributed by atoms with Gasteiger partial charge in [-0.25, -0.2) is 4.68 Å². The average molecular weight is 309 g/mol. The van der Waals surface area contributed by atoms with Gasteiger partial charge in [0.25, 0.3) is 0 Å². The van der Waals surface area contributed by atoms with E-state index >= 15 is 0 Å². The van der Waals surface area contributed by atoms with Gasteiger partial charge >= 0.3 is 0 Å². The first-order valence-corrected chi connectivity index (χ1v) is 7.07. The Morgan fingerprint density at radius 1 is 1.28 bits per heavy atom. The summed E-state index contributed by atoms with van der Waals surface area (Å²) in [6, 6.07) is 10.1. The van der Waals surface area contributed by atoms with Crippen molar-refractivity contribution in [1.82, 2.24) is 9.78 Å². The Kier molecular flexibility index (Phi) is 4.07. The van der Waals surface area contributed by atoms with E-state index in [0.29, 0.717) is 5.92 Å². The molecule has 1 aromatic carbocycles. The summed E-state index contributed by atoms with van der Waals surface area (Å²) in [6.45, 7) is 4.30. The molecule has 0 aliphatic heterocycles. The van der Waals surface area contributed by atoms with E-state index < -0.39 is 0 Å². The second kappa shape index (κ2) is 5.57. The maximum atomic E-state index is 5.17. The molecule has 2 rings (SSSR count). The minimum absolute atomic E-state index is 0.433. The van der Waals surface area contributed by atoms with Crippen molar-refractivity contribution in [2.45, 2.75) is 25.1 Å². The summed E-state index contributed by atoms with van der Waals surface area (Å²) < 4.78 is 7.14. The van der Waals surface area contributed by atoms with Crippen molar-refractivity contribution < 1.29 is 4.74 Å². The topological polar surface area (TPSA) is 27.1 Å². The van der Waals surface area contributed by atoms with E-state index in [0.717, 1.165) is 28.2 Å². The van der Waals surface area contributed by atoms with Crippen molar-refractivity contribution in [3.8, 4) is 11.4 Å². The van der Waals surface area contributed by atoms with Crippen molar-refractivity contribution >= 4 is 15.9 Å². The van der Waals surface area contributed by atoms with E-state index in [-0.39, 0.29) is 0 Å². The summed E-state index contributed by atoms with van der Waals surface area (Å²) in [6.07, 6.45) is 0. The summed E-state index contributed by atoms with van der Waals surface area (Å²) >= 11 is 3.51. The van der Waals surface area contributed by atoms with Crippen LogP contribution in [0.25, 0.3) is 5.69 Å². The molecule has 0 aliphatic carbocycles. The smallest absolute Gasteiger partial charge is 0.119 e. The molecule has 0 fully saturated rings. The number of hydrogen-bond acceptors (Lipinski definition) is 2. The molecule has 0 radical (unpaired) electrons. The molecule has 0 spiro atoms. The molecule has 96 valence electrons. The Balaban J connectivity index is 2.41. The standard InChI is InChI=1S/C14H17BrN2O/c1-10(2)14-8-12(9-15)17(16-14)11-4-6-13(18-3)7-5-11/h4-8,10H,9H2,1-3H3. The summed E-state index contributed by atoms with van der Waals surface area (Å²) in [5, 5.41) is 5.44. The van der Waals surface area contributed by atoms with Gasteiger partial charge in [0.1, 0.15) is 5.75 Å². The van der Waals surface area contributed by atoms with Crippen molar-refractivity contribution in [2.75, 3.05) is 7.11 Å². The van der Waals surface area contributed by atoms with Gasteiger partial charge in [0.15, 0.2) is 0 Å². The van der Waals surface area contributed by atoms with Gasteiger partial charge in [-0.05, 0) is 36.2 Å². The Hall–Kier alpha value is -1.29. The highest BCUT2D eigenvalue weighted by Crippen LogP contribution is 2.21. The van der Waals surface area contributed by atoms with Gasteiger partial charge in [-0.15, -0.1) is 0 Å². The third-order valence-electron chi connectivity index (χ3n) is 2.85. The third-order valence-corrected chi connectivity index (χ3v) is 3.42. The SMILES string of the molecule is COc1ccc(-n2nc(C(C)C)cc2CBr)cc1. The van der Waals surface area contributed by atoms with E-state index in [1.54, 1.807) is 7.11 Å². The molecule has 0 N–H and O–H groups in total. The quantitative estimate of drug-likeness (QED) is 0.801. The van der Waals surface area contributed by atoms with Crippen LogP contribution >= 0.6 is 15.9 Å². The van der Waals surface area contributed by atoms with Gasteiger partial charge in [-0.3, -0.25) is 0 Å². The van der Waals surface area contributed by atoms with Crippen LogP contribution in [-0.2, 0) is 5.33 Å². The number of benzene rings is 1. The minimum atomic E-state index is 0.433. The van der Waals surface area contributed by atoms with Gasteiger partial charge in [-0.2, -0.15) is 5.10 Å².